The number of rotatable bonds is 6. The van der Waals surface area contributed by atoms with E-state index >= 15 is 0 Å². The molecule has 1 heterocycles. The van der Waals surface area contributed by atoms with E-state index < -0.39 is 15.3 Å². The minimum Gasteiger partial charge on any atom is -0.395 e. The average Bonchev–Trinajstić information content (AvgIpc) is 2.69. The normalized spacial score (nSPS) is 14.0. The number of hydrogen-bond acceptors (Lipinski definition) is 5. The van der Waals surface area contributed by atoms with Gasteiger partial charge in [0.25, 0.3) is 0 Å². The molecule has 1 atom stereocenters. The van der Waals surface area contributed by atoms with Crippen LogP contribution < -0.4 is 4.72 Å². The van der Waals surface area contributed by atoms with Crippen molar-refractivity contribution < 1.29 is 13.5 Å². The molecule has 0 aliphatic carbocycles. The van der Waals surface area contributed by atoms with Crippen LogP contribution in [0.2, 0.25) is 0 Å². The summed E-state index contributed by atoms with van der Waals surface area (Å²) < 4.78 is 25.2. The summed E-state index contributed by atoms with van der Waals surface area (Å²) in [6.45, 7) is 1.41. The second-order valence-corrected chi connectivity index (χ2v) is 6.06. The highest BCUT2D eigenvalue weighted by Gasteiger charge is 2.18. The van der Waals surface area contributed by atoms with Gasteiger partial charge in [0, 0.05) is 18.3 Å². The molecule has 0 aromatic carbocycles. The van der Waals surface area contributed by atoms with E-state index in [0.29, 0.717) is 13.0 Å². The largest absolute Gasteiger partial charge is 0.395 e. The van der Waals surface area contributed by atoms with Crippen LogP contribution in [0.25, 0.3) is 0 Å². The van der Waals surface area contributed by atoms with E-state index in [4.69, 9.17) is 5.11 Å². The molecule has 0 amide bonds. The molecule has 1 aromatic heterocycles. The Morgan fingerprint density at radius 1 is 1.67 bits per heavy atom. The summed E-state index contributed by atoms with van der Waals surface area (Å²) in [4.78, 5) is 4.04. The Morgan fingerprint density at radius 2 is 2.40 bits per heavy atom. The number of aromatic nitrogens is 1. The summed E-state index contributed by atoms with van der Waals surface area (Å²) in [5.74, 6) is 0. The molecule has 1 aromatic rings. The predicted octanol–water partition coefficient (Wildman–Crippen LogP) is -0.0142. The fourth-order valence-electron chi connectivity index (χ4n) is 0.923. The van der Waals surface area contributed by atoms with Gasteiger partial charge in [-0.05, 0) is 6.92 Å². The van der Waals surface area contributed by atoms with Crippen molar-refractivity contribution in [1.82, 2.24) is 9.71 Å². The number of nitrogens with one attached hydrogen (secondary N) is 1. The molecular formula is C8H14N2O3S2. The lowest BCUT2D eigenvalue weighted by Crippen LogP contribution is -2.35. The van der Waals surface area contributed by atoms with E-state index in [9.17, 15) is 8.42 Å². The topological polar surface area (TPSA) is 79.3 Å². The molecule has 5 nitrogen and oxygen atoms in total. The highest BCUT2D eigenvalue weighted by atomic mass is 32.2. The number of sulfonamides is 1. The number of aliphatic hydroxyl groups is 1. The lowest BCUT2D eigenvalue weighted by atomic mass is 10.3. The van der Waals surface area contributed by atoms with Crippen LogP contribution in [0.4, 0.5) is 0 Å². The molecule has 86 valence electrons. The predicted molar refractivity (Wildman–Crippen MR) is 59.3 cm³/mol. The summed E-state index contributed by atoms with van der Waals surface area (Å²) in [5.41, 5.74) is 2.58. The van der Waals surface area contributed by atoms with Crippen molar-refractivity contribution in [2.45, 2.75) is 18.6 Å². The van der Waals surface area contributed by atoms with Gasteiger partial charge in [-0.1, -0.05) is 0 Å². The summed E-state index contributed by atoms with van der Waals surface area (Å²) >= 11 is 1.48. The van der Waals surface area contributed by atoms with Gasteiger partial charge >= 0.3 is 0 Å². The first-order valence-electron chi connectivity index (χ1n) is 4.52. The third-order valence-electron chi connectivity index (χ3n) is 1.95. The zero-order valence-electron chi connectivity index (χ0n) is 8.38. The highest BCUT2D eigenvalue weighted by Crippen LogP contribution is 2.02. The van der Waals surface area contributed by atoms with E-state index in [-0.39, 0.29) is 6.61 Å². The summed E-state index contributed by atoms with van der Waals surface area (Å²) in [5, 5.41) is 9.83. The van der Waals surface area contributed by atoms with Crippen LogP contribution in [-0.2, 0) is 16.4 Å². The van der Waals surface area contributed by atoms with E-state index in [1.165, 1.54) is 18.3 Å². The first kappa shape index (κ1) is 12.6. The second kappa shape index (κ2) is 5.55. The van der Waals surface area contributed by atoms with Gasteiger partial charge in [0.1, 0.15) is 0 Å². The maximum atomic E-state index is 11.4. The smallest absolute Gasteiger partial charge is 0.216 e. The van der Waals surface area contributed by atoms with Crippen LogP contribution in [0.3, 0.4) is 0 Å². The van der Waals surface area contributed by atoms with Crippen LogP contribution in [0.1, 0.15) is 12.6 Å². The lowest BCUT2D eigenvalue weighted by Gasteiger charge is -2.10. The van der Waals surface area contributed by atoms with E-state index in [0.717, 1.165) is 5.69 Å². The minimum absolute atomic E-state index is 0.316. The van der Waals surface area contributed by atoms with Crippen molar-refractivity contribution in [1.29, 1.82) is 0 Å². The zero-order valence-corrected chi connectivity index (χ0v) is 10.0. The number of thiazole rings is 1. The van der Waals surface area contributed by atoms with Crippen LogP contribution in [0, 0.1) is 0 Å². The van der Waals surface area contributed by atoms with Crippen molar-refractivity contribution >= 4 is 21.4 Å². The Bertz CT molecular complexity index is 375. The van der Waals surface area contributed by atoms with Crippen LogP contribution in [-0.4, -0.2) is 36.9 Å². The van der Waals surface area contributed by atoms with Gasteiger partial charge in [-0.2, -0.15) is 0 Å². The molecule has 1 rings (SSSR count). The Kier molecular flexibility index (Phi) is 4.65. The molecule has 0 radical (unpaired) electrons. The van der Waals surface area contributed by atoms with Gasteiger partial charge in [-0.3, -0.25) is 0 Å². The lowest BCUT2D eigenvalue weighted by molar-refractivity contribution is 0.295. The molecule has 1 unspecified atom stereocenters. The van der Waals surface area contributed by atoms with Gasteiger partial charge in [0.05, 0.1) is 23.1 Å². The standard InChI is InChI=1S/C8H14N2O3S2/c1-7(4-11)15(12,13)10-3-2-8-5-14-6-9-8/h5-7,10-11H,2-4H2,1H3. The number of nitrogens with zero attached hydrogens (tertiary/aromatic N) is 1. The van der Waals surface area contributed by atoms with E-state index in [1.54, 1.807) is 5.51 Å². The van der Waals surface area contributed by atoms with E-state index in [2.05, 4.69) is 9.71 Å². The molecule has 0 saturated carbocycles. The van der Waals surface area contributed by atoms with Crippen molar-refractivity contribution in [2.24, 2.45) is 0 Å². The molecular weight excluding hydrogens is 236 g/mol. The first-order chi connectivity index (χ1) is 7.06. The van der Waals surface area contributed by atoms with Gasteiger partial charge in [0.2, 0.25) is 10.0 Å². The third-order valence-corrected chi connectivity index (χ3v) is 4.40. The maximum absolute atomic E-state index is 11.4. The fraction of sp³-hybridized carbons (Fsp3) is 0.625. The quantitative estimate of drug-likeness (QED) is 0.744. The van der Waals surface area contributed by atoms with Crippen LogP contribution >= 0.6 is 11.3 Å². The number of hydrogen-bond donors (Lipinski definition) is 2. The number of aliphatic hydroxyl groups excluding tert-OH is 1. The monoisotopic (exact) mass is 250 g/mol. The summed E-state index contributed by atoms with van der Waals surface area (Å²) in [7, 11) is -3.39. The molecule has 0 aliphatic heterocycles. The Labute approximate surface area is 93.2 Å². The molecule has 0 fully saturated rings. The maximum Gasteiger partial charge on any atom is 0.216 e. The van der Waals surface area contributed by atoms with Crippen molar-refractivity contribution in [2.75, 3.05) is 13.2 Å². The SMILES string of the molecule is CC(CO)S(=O)(=O)NCCc1cscn1. The molecule has 0 bridgehead atoms. The Balaban J connectivity index is 2.37. The fourth-order valence-corrected chi connectivity index (χ4v) is 2.38. The van der Waals surface area contributed by atoms with Crippen molar-refractivity contribution in [3.8, 4) is 0 Å². The Hall–Kier alpha value is -0.500. The summed E-state index contributed by atoms with van der Waals surface area (Å²) in [6, 6.07) is 0. The molecule has 2 N–H and O–H groups in total. The Morgan fingerprint density at radius 3 is 2.93 bits per heavy atom. The van der Waals surface area contributed by atoms with Gasteiger partial charge in [0.15, 0.2) is 0 Å². The molecule has 0 saturated heterocycles. The first-order valence-corrected chi connectivity index (χ1v) is 7.01. The second-order valence-electron chi connectivity index (χ2n) is 3.16. The van der Waals surface area contributed by atoms with E-state index in [1.807, 2.05) is 5.38 Å². The van der Waals surface area contributed by atoms with Crippen LogP contribution in [0.5, 0.6) is 0 Å². The van der Waals surface area contributed by atoms with Gasteiger partial charge in [-0.25, -0.2) is 18.1 Å². The molecule has 15 heavy (non-hydrogen) atoms. The highest BCUT2D eigenvalue weighted by molar-refractivity contribution is 7.90. The average molecular weight is 250 g/mol. The van der Waals surface area contributed by atoms with Crippen LogP contribution in [0.15, 0.2) is 10.9 Å². The molecule has 7 heteroatoms. The van der Waals surface area contributed by atoms with Crippen molar-refractivity contribution in [3.05, 3.63) is 16.6 Å². The summed E-state index contributed by atoms with van der Waals surface area (Å²) in [6.07, 6.45) is 0.570. The van der Waals surface area contributed by atoms with Gasteiger partial charge < -0.3 is 5.11 Å². The molecule has 0 spiro atoms. The van der Waals surface area contributed by atoms with Crippen molar-refractivity contribution in [3.63, 3.8) is 0 Å². The zero-order chi connectivity index (χ0) is 11.3. The third kappa shape index (κ3) is 3.86. The van der Waals surface area contributed by atoms with Gasteiger partial charge in [-0.15, -0.1) is 11.3 Å². The molecule has 0 aliphatic rings. The minimum atomic E-state index is -3.39.